The van der Waals surface area contributed by atoms with E-state index in [2.05, 4.69) is 0 Å². The van der Waals surface area contributed by atoms with E-state index in [4.69, 9.17) is 19.9 Å². The first-order chi connectivity index (χ1) is 12.2. The molecule has 0 spiro atoms. The van der Waals surface area contributed by atoms with Crippen LogP contribution in [-0.2, 0) is 22.6 Å². The second-order valence-electron chi connectivity index (χ2n) is 6.89. The normalized spacial score (nSPS) is 12.6. The van der Waals surface area contributed by atoms with Crippen LogP contribution in [0.4, 0.5) is 4.79 Å². The van der Waals surface area contributed by atoms with Gasteiger partial charge in [0.25, 0.3) is 0 Å². The molecule has 0 aliphatic rings. The van der Waals surface area contributed by atoms with Crippen LogP contribution in [0.2, 0.25) is 0 Å². The van der Waals surface area contributed by atoms with Crippen molar-refractivity contribution in [2.75, 3.05) is 27.0 Å². The molecule has 1 atom stereocenters. The summed E-state index contributed by atoms with van der Waals surface area (Å²) < 4.78 is 15.7. The summed E-state index contributed by atoms with van der Waals surface area (Å²) in [4.78, 5) is 13.9. The number of methoxy groups -OCH3 is 1. The van der Waals surface area contributed by atoms with Crippen LogP contribution in [0.25, 0.3) is 0 Å². The molecule has 0 radical (unpaired) electrons. The number of nitrogens with zero attached hydrogens (tertiary/aromatic N) is 1. The van der Waals surface area contributed by atoms with E-state index < -0.39 is 17.8 Å². The van der Waals surface area contributed by atoms with Crippen molar-refractivity contribution in [2.45, 2.75) is 45.6 Å². The highest BCUT2D eigenvalue weighted by Gasteiger charge is 2.24. The maximum Gasteiger partial charge on any atom is 0.410 e. The van der Waals surface area contributed by atoms with Gasteiger partial charge in [-0.15, -0.1) is 0 Å². The van der Waals surface area contributed by atoms with Gasteiger partial charge >= 0.3 is 6.09 Å². The Balaban J connectivity index is 3.05. The number of aliphatic hydroxyl groups excluding tert-OH is 2. The van der Waals surface area contributed by atoms with Gasteiger partial charge in [0.05, 0.1) is 19.3 Å². The monoisotopic (exact) mass is 370 g/mol. The Morgan fingerprint density at radius 1 is 1.31 bits per heavy atom. The third-order valence-electron chi connectivity index (χ3n) is 3.41. The molecule has 1 aromatic rings. The predicted molar refractivity (Wildman–Crippen MR) is 96.6 cm³/mol. The van der Waals surface area contributed by atoms with Crippen LogP contribution in [0, 0.1) is 0 Å². The van der Waals surface area contributed by atoms with Gasteiger partial charge in [0.15, 0.2) is 6.79 Å². The zero-order valence-electron chi connectivity index (χ0n) is 15.9. The first-order valence-corrected chi connectivity index (χ1v) is 8.40. The highest BCUT2D eigenvalue weighted by molar-refractivity contribution is 5.68. The number of rotatable bonds is 9. The Labute approximate surface area is 154 Å². The lowest BCUT2D eigenvalue weighted by Gasteiger charge is -2.29. The molecule has 0 aromatic heterocycles. The summed E-state index contributed by atoms with van der Waals surface area (Å²) in [6, 6.07) is 5.14. The standard InChI is InChI=1S/C18H30N2O6/c1-18(2,3)26-17(23)20(10-15(22)8-19)9-14-7-16(25-12-24-4)6-5-13(14)11-21/h5-7,15,21-22H,8-12,19H2,1-4H3/t15-/m1/s1. The Hall–Kier alpha value is -1.87. The van der Waals surface area contributed by atoms with Crippen LogP contribution in [0.15, 0.2) is 18.2 Å². The third kappa shape index (κ3) is 7.57. The summed E-state index contributed by atoms with van der Waals surface area (Å²) in [5, 5.41) is 19.5. The van der Waals surface area contributed by atoms with Gasteiger partial charge in [-0.1, -0.05) is 6.07 Å². The fraction of sp³-hybridized carbons (Fsp3) is 0.611. The van der Waals surface area contributed by atoms with Crippen molar-refractivity contribution in [1.82, 2.24) is 4.90 Å². The van der Waals surface area contributed by atoms with E-state index in [0.717, 1.165) is 0 Å². The first kappa shape index (κ1) is 22.2. The molecule has 8 nitrogen and oxygen atoms in total. The Morgan fingerprint density at radius 2 is 2.00 bits per heavy atom. The average molecular weight is 370 g/mol. The highest BCUT2D eigenvalue weighted by atomic mass is 16.7. The lowest BCUT2D eigenvalue weighted by Crippen LogP contribution is -2.42. The molecule has 0 saturated heterocycles. The van der Waals surface area contributed by atoms with Gasteiger partial charge in [-0.25, -0.2) is 4.79 Å². The number of amides is 1. The van der Waals surface area contributed by atoms with E-state index >= 15 is 0 Å². The van der Waals surface area contributed by atoms with Crippen LogP contribution >= 0.6 is 0 Å². The summed E-state index contributed by atoms with van der Waals surface area (Å²) in [6.07, 6.45) is -1.45. The molecule has 26 heavy (non-hydrogen) atoms. The fourth-order valence-electron chi connectivity index (χ4n) is 2.19. The van der Waals surface area contributed by atoms with E-state index in [1.165, 1.54) is 12.0 Å². The van der Waals surface area contributed by atoms with Crippen molar-refractivity contribution in [3.05, 3.63) is 29.3 Å². The van der Waals surface area contributed by atoms with Crippen molar-refractivity contribution in [2.24, 2.45) is 5.73 Å². The van der Waals surface area contributed by atoms with Gasteiger partial charge in [-0.3, -0.25) is 0 Å². The Bertz CT molecular complexity index is 573. The molecule has 148 valence electrons. The number of aliphatic hydroxyl groups is 2. The molecule has 0 aliphatic carbocycles. The molecule has 0 fully saturated rings. The Kier molecular flexibility index (Phi) is 8.80. The Morgan fingerprint density at radius 3 is 2.54 bits per heavy atom. The van der Waals surface area contributed by atoms with Crippen molar-refractivity contribution >= 4 is 6.09 Å². The quantitative estimate of drug-likeness (QED) is 0.560. The van der Waals surface area contributed by atoms with E-state index in [-0.39, 0.29) is 33.0 Å². The average Bonchev–Trinajstić information content (AvgIpc) is 2.57. The van der Waals surface area contributed by atoms with Crippen LogP contribution in [0.1, 0.15) is 31.9 Å². The molecule has 1 amide bonds. The number of hydrogen-bond acceptors (Lipinski definition) is 7. The minimum absolute atomic E-state index is 0.0133. The molecular weight excluding hydrogens is 340 g/mol. The highest BCUT2D eigenvalue weighted by Crippen LogP contribution is 2.21. The van der Waals surface area contributed by atoms with Gasteiger partial charge in [-0.2, -0.15) is 0 Å². The first-order valence-electron chi connectivity index (χ1n) is 8.40. The van der Waals surface area contributed by atoms with Gasteiger partial charge in [-0.05, 0) is 44.0 Å². The molecule has 0 unspecified atom stereocenters. The minimum atomic E-state index is -0.881. The van der Waals surface area contributed by atoms with Crippen molar-refractivity contribution in [1.29, 1.82) is 0 Å². The van der Waals surface area contributed by atoms with Crippen LogP contribution in [0.5, 0.6) is 5.75 Å². The number of hydrogen-bond donors (Lipinski definition) is 3. The summed E-state index contributed by atoms with van der Waals surface area (Å²) in [6.45, 7) is 5.35. The van der Waals surface area contributed by atoms with Gasteiger partial charge in [0.2, 0.25) is 0 Å². The molecule has 1 aromatic carbocycles. The molecule has 4 N–H and O–H groups in total. The molecule has 1 rings (SSSR count). The topological polar surface area (TPSA) is 114 Å². The molecular formula is C18H30N2O6. The van der Waals surface area contributed by atoms with Gasteiger partial charge in [0.1, 0.15) is 11.4 Å². The largest absolute Gasteiger partial charge is 0.468 e. The zero-order valence-corrected chi connectivity index (χ0v) is 15.9. The van der Waals surface area contributed by atoms with Crippen LogP contribution in [0.3, 0.4) is 0 Å². The summed E-state index contributed by atoms with van der Waals surface area (Å²) >= 11 is 0. The minimum Gasteiger partial charge on any atom is -0.468 e. The van der Waals surface area contributed by atoms with Crippen LogP contribution < -0.4 is 10.5 Å². The van der Waals surface area contributed by atoms with Crippen molar-refractivity contribution in [3.63, 3.8) is 0 Å². The van der Waals surface area contributed by atoms with E-state index in [0.29, 0.717) is 16.9 Å². The lowest BCUT2D eigenvalue weighted by molar-refractivity contribution is 0.0132. The molecule has 8 heteroatoms. The van der Waals surface area contributed by atoms with Gasteiger partial charge < -0.3 is 35.1 Å². The molecule has 0 aliphatic heterocycles. The second-order valence-corrected chi connectivity index (χ2v) is 6.89. The van der Waals surface area contributed by atoms with E-state index in [1.807, 2.05) is 0 Å². The predicted octanol–water partition coefficient (Wildman–Crippen LogP) is 1.22. The summed E-state index contributed by atoms with van der Waals surface area (Å²) in [5.74, 6) is 0.544. The van der Waals surface area contributed by atoms with E-state index in [1.54, 1.807) is 39.0 Å². The second kappa shape index (κ2) is 10.3. The smallest absolute Gasteiger partial charge is 0.410 e. The number of nitrogens with two attached hydrogens (primary N) is 1. The molecule has 0 heterocycles. The molecule has 0 bridgehead atoms. The molecule has 0 saturated carbocycles. The maximum atomic E-state index is 12.5. The summed E-state index contributed by atoms with van der Waals surface area (Å²) in [5.41, 5.74) is 6.12. The van der Waals surface area contributed by atoms with Crippen molar-refractivity contribution in [3.8, 4) is 5.75 Å². The summed E-state index contributed by atoms with van der Waals surface area (Å²) in [7, 11) is 1.52. The zero-order chi connectivity index (χ0) is 19.7. The fourth-order valence-corrected chi connectivity index (χ4v) is 2.19. The number of ether oxygens (including phenoxy) is 3. The number of carbonyl (C=O) groups excluding carboxylic acids is 1. The van der Waals surface area contributed by atoms with Crippen molar-refractivity contribution < 1.29 is 29.2 Å². The SMILES string of the molecule is COCOc1ccc(CO)c(CN(C[C@H](O)CN)C(=O)OC(C)(C)C)c1. The van der Waals surface area contributed by atoms with Crippen LogP contribution in [-0.4, -0.2) is 59.9 Å². The maximum absolute atomic E-state index is 12.5. The lowest BCUT2D eigenvalue weighted by atomic mass is 10.1. The third-order valence-corrected chi connectivity index (χ3v) is 3.41. The number of benzene rings is 1. The number of carbonyl (C=O) groups is 1. The van der Waals surface area contributed by atoms with E-state index in [9.17, 15) is 15.0 Å². The van der Waals surface area contributed by atoms with Gasteiger partial charge in [0, 0.05) is 20.2 Å².